The topological polar surface area (TPSA) is 89.9 Å². The van der Waals surface area contributed by atoms with Crippen molar-refractivity contribution < 1.29 is 4.79 Å². The molecule has 1 saturated heterocycles. The lowest BCUT2D eigenvalue weighted by Crippen LogP contribution is -2.41. The van der Waals surface area contributed by atoms with Gasteiger partial charge < -0.3 is 10.6 Å². The summed E-state index contributed by atoms with van der Waals surface area (Å²) in [4.78, 5) is 22.4. The molecule has 3 rings (SSSR count). The summed E-state index contributed by atoms with van der Waals surface area (Å²) in [5.74, 6) is 0.744. The van der Waals surface area contributed by atoms with Crippen molar-refractivity contribution in [3.05, 3.63) is 10.0 Å². The predicted octanol–water partition coefficient (Wildman–Crippen LogP) is 1.83. The van der Waals surface area contributed by atoms with Crippen LogP contribution in [0, 0.1) is 9.62 Å². The number of aromatic nitrogens is 4. The molecule has 2 aromatic heterocycles. The van der Waals surface area contributed by atoms with Gasteiger partial charge in [-0.1, -0.05) is 13.8 Å². The summed E-state index contributed by atoms with van der Waals surface area (Å²) in [6, 6.07) is 0.247. The molecular weight excluding hydrogens is 395 g/mol. The van der Waals surface area contributed by atoms with Gasteiger partial charge in [0.15, 0.2) is 5.65 Å². The van der Waals surface area contributed by atoms with Crippen molar-refractivity contribution in [3.63, 3.8) is 0 Å². The number of piperidine rings is 1. The summed E-state index contributed by atoms with van der Waals surface area (Å²) in [6.07, 6.45) is 3.24. The first-order valence-corrected chi connectivity index (χ1v) is 8.50. The largest absolute Gasteiger partial charge is 0.383 e. The van der Waals surface area contributed by atoms with Crippen molar-refractivity contribution in [2.24, 2.45) is 5.92 Å². The van der Waals surface area contributed by atoms with Crippen molar-refractivity contribution in [1.29, 1.82) is 0 Å². The molecule has 0 aromatic carbocycles. The number of fused-ring (bicyclic) bond motifs is 1. The molecule has 7 nitrogen and oxygen atoms in total. The molecular formula is C14H19IN6O. The summed E-state index contributed by atoms with van der Waals surface area (Å²) in [5.41, 5.74) is 6.72. The molecule has 0 unspecified atom stereocenters. The first-order chi connectivity index (χ1) is 10.5. The number of hydrogen-bond acceptors (Lipinski definition) is 5. The Morgan fingerprint density at radius 1 is 1.36 bits per heavy atom. The van der Waals surface area contributed by atoms with Crippen LogP contribution in [0.2, 0.25) is 0 Å². The van der Waals surface area contributed by atoms with Crippen LogP contribution in [0.15, 0.2) is 6.33 Å². The third-order valence-corrected chi connectivity index (χ3v) is 4.85. The Labute approximate surface area is 142 Å². The molecule has 2 N–H and O–H groups in total. The molecule has 118 valence electrons. The number of nitrogens with zero attached hydrogens (tertiary/aromatic N) is 5. The van der Waals surface area contributed by atoms with Crippen molar-refractivity contribution in [3.8, 4) is 0 Å². The fourth-order valence-electron chi connectivity index (χ4n) is 2.90. The van der Waals surface area contributed by atoms with Gasteiger partial charge in [-0.2, -0.15) is 5.10 Å². The number of likely N-dealkylation sites (tertiary alicyclic amines) is 1. The molecule has 1 aliphatic rings. The number of nitrogens with two attached hydrogens (primary N) is 1. The Bertz CT molecular complexity index is 705. The number of nitrogen functional groups attached to an aromatic ring is 1. The summed E-state index contributed by atoms with van der Waals surface area (Å²) in [7, 11) is 0. The highest BCUT2D eigenvalue weighted by atomic mass is 127. The van der Waals surface area contributed by atoms with Gasteiger partial charge in [-0.05, 0) is 35.4 Å². The van der Waals surface area contributed by atoms with Gasteiger partial charge in [0.05, 0.1) is 11.4 Å². The van der Waals surface area contributed by atoms with E-state index in [-0.39, 0.29) is 17.9 Å². The zero-order chi connectivity index (χ0) is 15.9. The van der Waals surface area contributed by atoms with E-state index in [9.17, 15) is 4.79 Å². The maximum absolute atomic E-state index is 12.1. The Kier molecular flexibility index (Phi) is 4.20. The van der Waals surface area contributed by atoms with E-state index < -0.39 is 0 Å². The number of amides is 1. The van der Waals surface area contributed by atoms with Crippen molar-refractivity contribution in [1.82, 2.24) is 24.6 Å². The Morgan fingerprint density at radius 3 is 2.68 bits per heavy atom. The predicted molar refractivity (Wildman–Crippen MR) is 92.1 cm³/mol. The van der Waals surface area contributed by atoms with E-state index in [0.717, 1.165) is 40.7 Å². The van der Waals surface area contributed by atoms with Gasteiger partial charge in [-0.25, -0.2) is 14.6 Å². The lowest BCUT2D eigenvalue weighted by Gasteiger charge is -2.33. The van der Waals surface area contributed by atoms with Gasteiger partial charge in [0.2, 0.25) is 5.91 Å². The molecule has 0 bridgehead atoms. The van der Waals surface area contributed by atoms with Crippen LogP contribution in [0.3, 0.4) is 0 Å². The SMILES string of the molecule is CC(C)C(=O)N1CCC(n2nc(I)c3c(N)ncnc32)CC1. The van der Waals surface area contributed by atoms with Gasteiger partial charge in [0.1, 0.15) is 15.8 Å². The van der Waals surface area contributed by atoms with Gasteiger partial charge in [-0.15, -0.1) is 0 Å². The van der Waals surface area contributed by atoms with Gasteiger partial charge in [0, 0.05) is 19.0 Å². The van der Waals surface area contributed by atoms with Gasteiger partial charge in [0.25, 0.3) is 0 Å². The average molecular weight is 414 g/mol. The molecule has 0 spiro atoms. The van der Waals surface area contributed by atoms with Crippen LogP contribution in [-0.4, -0.2) is 43.6 Å². The second-order valence-corrected chi connectivity index (χ2v) is 6.93. The lowest BCUT2D eigenvalue weighted by molar-refractivity contribution is -0.135. The van der Waals surface area contributed by atoms with Crippen molar-refractivity contribution >= 4 is 45.3 Å². The standard InChI is InChI=1S/C14H19IN6O/c1-8(2)14(22)20-5-3-9(4-6-20)21-13-10(11(15)19-21)12(16)17-7-18-13/h7-9H,3-6H2,1-2H3,(H2,16,17,18). The minimum atomic E-state index is 0.0515. The highest BCUT2D eigenvalue weighted by Gasteiger charge is 2.27. The maximum atomic E-state index is 12.1. The van der Waals surface area contributed by atoms with Crippen LogP contribution in [0.1, 0.15) is 32.7 Å². The third-order valence-electron chi connectivity index (χ3n) is 4.09. The van der Waals surface area contributed by atoms with Crippen LogP contribution in [-0.2, 0) is 4.79 Å². The maximum Gasteiger partial charge on any atom is 0.225 e. The molecule has 1 fully saturated rings. The van der Waals surface area contributed by atoms with Crippen LogP contribution in [0.5, 0.6) is 0 Å². The van der Waals surface area contributed by atoms with Crippen LogP contribution in [0.25, 0.3) is 11.0 Å². The molecule has 0 saturated carbocycles. The molecule has 1 aliphatic heterocycles. The number of carbonyl (C=O) groups excluding carboxylic acids is 1. The Balaban J connectivity index is 1.83. The van der Waals surface area contributed by atoms with E-state index >= 15 is 0 Å². The molecule has 22 heavy (non-hydrogen) atoms. The van der Waals surface area contributed by atoms with E-state index in [1.54, 1.807) is 0 Å². The smallest absolute Gasteiger partial charge is 0.225 e. The summed E-state index contributed by atoms with van der Waals surface area (Å²) in [5, 5.41) is 5.42. The Morgan fingerprint density at radius 2 is 2.05 bits per heavy atom. The zero-order valence-electron chi connectivity index (χ0n) is 12.7. The molecule has 2 aromatic rings. The van der Waals surface area contributed by atoms with E-state index in [1.807, 2.05) is 23.4 Å². The van der Waals surface area contributed by atoms with E-state index in [4.69, 9.17) is 5.73 Å². The molecule has 1 amide bonds. The molecule has 0 atom stereocenters. The fraction of sp³-hybridized carbons (Fsp3) is 0.571. The Hall–Kier alpha value is -1.45. The first kappa shape index (κ1) is 15.4. The van der Waals surface area contributed by atoms with E-state index in [0.29, 0.717) is 5.82 Å². The van der Waals surface area contributed by atoms with Crippen LogP contribution < -0.4 is 5.73 Å². The fourth-order valence-corrected chi connectivity index (χ4v) is 3.65. The number of rotatable bonds is 2. The van der Waals surface area contributed by atoms with Crippen molar-refractivity contribution in [2.75, 3.05) is 18.8 Å². The lowest BCUT2D eigenvalue weighted by atomic mass is 10.0. The second kappa shape index (κ2) is 5.98. The van der Waals surface area contributed by atoms with E-state index in [1.165, 1.54) is 6.33 Å². The minimum absolute atomic E-state index is 0.0515. The number of anilines is 1. The van der Waals surface area contributed by atoms with Gasteiger partial charge >= 0.3 is 0 Å². The third kappa shape index (κ3) is 2.64. The quantitative estimate of drug-likeness (QED) is 0.758. The summed E-state index contributed by atoms with van der Waals surface area (Å²) >= 11 is 2.17. The summed E-state index contributed by atoms with van der Waals surface area (Å²) in [6.45, 7) is 5.41. The van der Waals surface area contributed by atoms with Crippen molar-refractivity contribution in [2.45, 2.75) is 32.7 Å². The number of hydrogen-bond donors (Lipinski definition) is 1. The second-order valence-electron chi connectivity index (χ2n) is 5.90. The monoisotopic (exact) mass is 414 g/mol. The molecule has 3 heterocycles. The number of carbonyl (C=O) groups is 1. The molecule has 8 heteroatoms. The van der Waals surface area contributed by atoms with E-state index in [2.05, 4.69) is 37.7 Å². The number of halogens is 1. The average Bonchev–Trinajstić information content (AvgIpc) is 2.85. The molecule has 0 radical (unpaired) electrons. The normalized spacial score (nSPS) is 16.6. The molecule has 0 aliphatic carbocycles. The minimum Gasteiger partial charge on any atom is -0.383 e. The zero-order valence-corrected chi connectivity index (χ0v) is 14.8. The van der Waals surface area contributed by atoms with Crippen LogP contribution >= 0.6 is 22.6 Å². The first-order valence-electron chi connectivity index (χ1n) is 7.42. The van der Waals surface area contributed by atoms with Crippen LogP contribution in [0.4, 0.5) is 5.82 Å². The highest BCUT2D eigenvalue weighted by molar-refractivity contribution is 14.1. The highest BCUT2D eigenvalue weighted by Crippen LogP contribution is 2.29. The summed E-state index contributed by atoms with van der Waals surface area (Å²) < 4.78 is 2.78. The van der Waals surface area contributed by atoms with Gasteiger partial charge in [-0.3, -0.25) is 4.79 Å².